The van der Waals surface area contributed by atoms with Crippen LogP contribution in [0.5, 0.6) is 5.75 Å². The first-order valence-corrected chi connectivity index (χ1v) is 8.09. The van der Waals surface area contributed by atoms with E-state index in [-0.39, 0.29) is 0 Å². The number of piperazine rings is 1. The fraction of sp³-hybridized carbons (Fsp3) is 0.333. The van der Waals surface area contributed by atoms with Crippen LogP contribution in [0.25, 0.3) is 0 Å². The Hall–Kier alpha value is -1.71. The van der Waals surface area contributed by atoms with Crippen LogP contribution in [0, 0.1) is 0 Å². The molecule has 3 nitrogen and oxygen atoms in total. The third-order valence-corrected chi connectivity index (χ3v) is 4.47. The Bertz CT molecular complexity index is 624. The zero-order valence-corrected chi connectivity index (χ0v) is 13.6. The molecule has 0 atom stereocenters. The maximum atomic E-state index is 6.06. The number of nitrogens with one attached hydrogen (secondary N) is 1. The second-order valence-electron chi connectivity index (χ2n) is 5.75. The summed E-state index contributed by atoms with van der Waals surface area (Å²) in [7, 11) is 1.71. The number of rotatable bonds is 4. The van der Waals surface area contributed by atoms with Crippen molar-refractivity contribution < 1.29 is 9.64 Å². The molecule has 1 aliphatic rings. The first-order valence-electron chi connectivity index (χ1n) is 7.71. The van der Waals surface area contributed by atoms with Gasteiger partial charge in [0.15, 0.2) is 0 Å². The van der Waals surface area contributed by atoms with Gasteiger partial charge in [0.05, 0.1) is 33.3 Å². The number of benzene rings is 2. The minimum Gasteiger partial charge on any atom is -0.497 e. The molecule has 4 heteroatoms. The lowest BCUT2D eigenvalue weighted by atomic mass is 10.2. The van der Waals surface area contributed by atoms with Crippen LogP contribution in [0.4, 0.5) is 5.69 Å². The number of nitrogens with zero attached hydrogens (tertiary/aromatic N) is 1. The molecule has 116 valence electrons. The summed E-state index contributed by atoms with van der Waals surface area (Å²) in [4.78, 5) is 4.05. The van der Waals surface area contributed by atoms with Gasteiger partial charge in [0, 0.05) is 22.3 Å². The van der Waals surface area contributed by atoms with Crippen LogP contribution in [0.15, 0.2) is 48.5 Å². The molecule has 0 unspecified atom stereocenters. The molecule has 3 rings (SSSR count). The van der Waals surface area contributed by atoms with Crippen LogP contribution in [0.3, 0.4) is 0 Å². The Labute approximate surface area is 137 Å². The molecule has 0 aromatic heterocycles. The van der Waals surface area contributed by atoms with E-state index in [0.717, 1.165) is 43.5 Å². The van der Waals surface area contributed by atoms with Crippen molar-refractivity contribution in [3.05, 3.63) is 59.1 Å². The number of quaternary nitrogens is 1. The first kappa shape index (κ1) is 15.2. The summed E-state index contributed by atoms with van der Waals surface area (Å²) >= 11 is 6.06. The molecule has 0 aliphatic carbocycles. The SMILES string of the molecule is COc1cccc(N2CC[NH+](Cc3cccc(Cl)c3)CC2)c1. The zero-order chi connectivity index (χ0) is 15.4. The molecule has 0 radical (unpaired) electrons. The lowest BCUT2D eigenvalue weighted by molar-refractivity contribution is -0.914. The van der Waals surface area contributed by atoms with E-state index in [1.807, 2.05) is 18.2 Å². The lowest BCUT2D eigenvalue weighted by Gasteiger charge is -2.33. The first-order chi connectivity index (χ1) is 10.7. The quantitative estimate of drug-likeness (QED) is 0.931. The third kappa shape index (κ3) is 3.73. The van der Waals surface area contributed by atoms with Crippen molar-refractivity contribution >= 4 is 17.3 Å². The summed E-state index contributed by atoms with van der Waals surface area (Å²) < 4.78 is 5.31. The minimum atomic E-state index is 0.826. The van der Waals surface area contributed by atoms with E-state index >= 15 is 0 Å². The summed E-state index contributed by atoms with van der Waals surface area (Å²) in [6.45, 7) is 5.48. The molecule has 0 amide bonds. The van der Waals surface area contributed by atoms with Crippen LogP contribution >= 0.6 is 11.6 Å². The van der Waals surface area contributed by atoms with Crippen molar-refractivity contribution in [1.29, 1.82) is 0 Å². The van der Waals surface area contributed by atoms with Crippen LogP contribution in [-0.2, 0) is 6.54 Å². The smallest absolute Gasteiger partial charge is 0.120 e. The van der Waals surface area contributed by atoms with Crippen molar-refractivity contribution in [1.82, 2.24) is 0 Å². The van der Waals surface area contributed by atoms with Gasteiger partial charge in [-0.1, -0.05) is 29.8 Å². The molecule has 2 aromatic rings. The van der Waals surface area contributed by atoms with Crippen LogP contribution < -0.4 is 14.5 Å². The highest BCUT2D eigenvalue weighted by molar-refractivity contribution is 6.30. The summed E-state index contributed by atoms with van der Waals surface area (Å²) in [5, 5.41) is 0.826. The highest BCUT2D eigenvalue weighted by Gasteiger charge is 2.20. The van der Waals surface area contributed by atoms with Gasteiger partial charge < -0.3 is 14.5 Å². The Kier molecular flexibility index (Phi) is 4.86. The fourth-order valence-electron chi connectivity index (χ4n) is 3.00. The van der Waals surface area contributed by atoms with Crippen molar-refractivity contribution in [2.75, 3.05) is 38.2 Å². The molecule has 0 saturated carbocycles. The number of anilines is 1. The summed E-state index contributed by atoms with van der Waals surface area (Å²) in [6, 6.07) is 16.5. The predicted octanol–water partition coefficient (Wildman–Crippen LogP) is 2.25. The van der Waals surface area contributed by atoms with Gasteiger partial charge >= 0.3 is 0 Å². The van der Waals surface area contributed by atoms with Gasteiger partial charge in [0.25, 0.3) is 0 Å². The van der Waals surface area contributed by atoms with Gasteiger partial charge in [0.1, 0.15) is 12.3 Å². The van der Waals surface area contributed by atoms with Gasteiger partial charge in [0.2, 0.25) is 0 Å². The minimum absolute atomic E-state index is 0.826. The van der Waals surface area contributed by atoms with Gasteiger partial charge in [-0.3, -0.25) is 0 Å². The Morgan fingerprint density at radius 3 is 2.59 bits per heavy atom. The molecule has 1 aliphatic heterocycles. The van der Waals surface area contributed by atoms with Crippen LogP contribution in [-0.4, -0.2) is 33.3 Å². The monoisotopic (exact) mass is 317 g/mol. The standard InChI is InChI=1S/C18H21ClN2O/c1-22-18-7-3-6-17(13-18)21-10-8-20(9-11-21)14-15-4-2-5-16(19)12-15/h2-7,12-13H,8-11,14H2,1H3/p+1. The zero-order valence-electron chi connectivity index (χ0n) is 12.9. The average Bonchev–Trinajstić information content (AvgIpc) is 2.56. The number of ether oxygens (including phenoxy) is 1. The second-order valence-corrected chi connectivity index (χ2v) is 6.18. The van der Waals surface area contributed by atoms with Crippen molar-refractivity contribution in [2.45, 2.75) is 6.54 Å². The topological polar surface area (TPSA) is 16.9 Å². The van der Waals surface area contributed by atoms with Gasteiger partial charge in [-0.25, -0.2) is 0 Å². The van der Waals surface area contributed by atoms with E-state index < -0.39 is 0 Å². The number of methoxy groups -OCH3 is 1. The van der Waals surface area contributed by atoms with E-state index in [9.17, 15) is 0 Å². The van der Waals surface area contributed by atoms with E-state index in [1.165, 1.54) is 11.3 Å². The molecule has 0 spiro atoms. The average molecular weight is 318 g/mol. The molecule has 1 fully saturated rings. The summed E-state index contributed by atoms with van der Waals surface area (Å²) in [6.07, 6.45) is 0. The number of halogens is 1. The van der Waals surface area contributed by atoms with Crippen molar-refractivity contribution in [3.63, 3.8) is 0 Å². The summed E-state index contributed by atoms with van der Waals surface area (Å²) in [5.74, 6) is 0.922. The van der Waals surface area contributed by atoms with E-state index in [1.54, 1.807) is 12.0 Å². The van der Waals surface area contributed by atoms with Gasteiger partial charge in [-0.2, -0.15) is 0 Å². The van der Waals surface area contributed by atoms with Crippen LogP contribution in [0.2, 0.25) is 5.02 Å². The van der Waals surface area contributed by atoms with E-state index in [2.05, 4.69) is 35.2 Å². The predicted molar refractivity (Wildman–Crippen MR) is 91.1 cm³/mol. The van der Waals surface area contributed by atoms with Crippen molar-refractivity contribution in [3.8, 4) is 5.75 Å². The molecule has 0 bridgehead atoms. The molecule has 1 heterocycles. The second kappa shape index (κ2) is 7.03. The molecule has 2 aromatic carbocycles. The van der Waals surface area contributed by atoms with E-state index in [0.29, 0.717) is 0 Å². The van der Waals surface area contributed by atoms with Crippen LogP contribution in [0.1, 0.15) is 5.56 Å². The van der Waals surface area contributed by atoms with Gasteiger partial charge in [-0.05, 0) is 24.3 Å². The largest absolute Gasteiger partial charge is 0.497 e. The van der Waals surface area contributed by atoms with Crippen molar-refractivity contribution in [2.24, 2.45) is 0 Å². The highest BCUT2D eigenvalue weighted by atomic mass is 35.5. The number of hydrogen-bond donors (Lipinski definition) is 1. The highest BCUT2D eigenvalue weighted by Crippen LogP contribution is 2.20. The maximum absolute atomic E-state index is 6.06. The van der Waals surface area contributed by atoms with E-state index in [4.69, 9.17) is 16.3 Å². The molecular weight excluding hydrogens is 296 g/mol. The Morgan fingerprint density at radius 1 is 1.09 bits per heavy atom. The molecule has 1 saturated heterocycles. The van der Waals surface area contributed by atoms with Gasteiger partial charge in [-0.15, -0.1) is 0 Å². The maximum Gasteiger partial charge on any atom is 0.120 e. The lowest BCUT2D eigenvalue weighted by Crippen LogP contribution is -3.13. The fourth-order valence-corrected chi connectivity index (χ4v) is 3.21. The number of hydrogen-bond acceptors (Lipinski definition) is 2. The molecule has 22 heavy (non-hydrogen) atoms. The Morgan fingerprint density at radius 2 is 1.86 bits per heavy atom. The molecular formula is C18H22ClN2O+. The third-order valence-electron chi connectivity index (χ3n) is 4.23. The summed E-state index contributed by atoms with van der Waals surface area (Å²) in [5.41, 5.74) is 2.57. The normalized spacial score (nSPS) is 15.8. The molecule has 1 N–H and O–H groups in total. The Balaban J connectivity index is 1.58.